The molecule has 9 nitrogen and oxygen atoms in total. The van der Waals surface area contributed by atoms with Crippen molar-refractivity contribution in [3.05, 3.63) is 81.3 Å². The van der Waals surface area contributed by atoms with Crippen LogP contribution in [0.1, 0.15) is 39.9 Å². The number of allylic oxidation sites excluding steroid dienone is 2. The molecule has 9 heteroatoms. The fourth-order valence-electron chi connectivity index (χ4n) is 5.91. The molecule has 0 unspecified atom stereocenters. The van der Waals surface area contributed by atoms with E-state index in [0.29, 0.717) is 18.4 Å². The Bertz CT molecular complexity index is 1400. The number of aliphatic hydroxyl groups is 3. The van der Waals surface area contributed by atoms with E-state index >= 15 is 0 Å². The number of nitrogens with two attached hydrogens (primary N) is 1. The quantitative estimate of drug-likeness (QED) is 0.352. The summed E-state index contributed by atoms with van der Waals surface area (Å²) in [6.07, 6.45) is 1.18. The number of Topliss-reactive ketones (excluding diaryl/α,β-unsaturated/α-hetero) is 2. The van der Waals surface area contributed by atoms with Gasteiger partial charge in [-0.3, -0.25) is 14.4 Å². The van der Waals surface area contributed by atoms with E-state index in [1.54, 1.807) is 24.3 Å². The molecule has 2 aromatic rings. The molecule has 5 rings (SSSR count). The van der Waals surface area contributed by atoms with Crippen molar-refractivity contribution in [3.8, 4) is 11.5 Å². The molecule has 0 saturated heterocycles. The van der Waals surface area contributed by atoms with Crippen molar-refractivity contribution in [2.24, 2.45) is 17.6 Å². The molecule has 7 N–H and O–H groups in total. The van der Waals surface area contributed by atoms with E-state index in [9.17, 15) is 39.9 Å². The molecule has 0 saturated carbocycles. The van der Waals surface area contributed by atoms with Gasteiger partial charge in [-0.15, -0.1) is 0 Å². The number of aromatic hydroxyl groups is 2. The van der Waals surface area contributed by atoms with Crippen molar-refractivity contribution in [2.75, 3.05) is 0 Å². The Balaban J connectivity index is 1.56. The minimum absolute atomic E-state index is 0.0000290. The number of fused-ring (bicyclic) bond motifs is 3. The number of ketones is 2. The van der Waals surface area contributed by atoms with Gasteiger partial charge in [0, 0.05) is 17.9 Å². The van der Waals surface area contributed by atoms with Crippen molar-refractivity contribution >= 4 is 17.5 Å². The molecule has 2 aromatic carbocycles. The maximum atomic E-state index is 13.6. The van der Waals surface area contributed by atoms with Crippen molar-refractivity contribution in [1.82, 2.24) is 0 Å². The summed E-state index contributed by atoms with van der Waals surface area (Å²) in [6, 6.07) is 9.96. The smallest absolute Gasteiger partial charge is 0.255 e. The Kier molecular flexibility index (Phi) is 5.40. The lowest BCUT2D eigenvalue weighted by molar-refractivity contribution is -0.144. The first-order valence-corrected chi connectivity index (χ1v) is 11.6. The zero-order chi connectivity index (χ0) is 25.9. The summed E-state index contributed by atoms with van der Waals surface area (Å²) in [5, 5.41) is 52.9. The van der Waals surface area contributed by atoms with Gasteiger partial charge in [-0.1, -0.05) is 18.2 Å². The summed E-state index contributed by atoms with van der Waals surface area (Å²) >= 11 is 0. The van der Waals surface area contributed by atoms with Gasteiger partial charge in [0.05, 0.1) is 5.56 Å². The SMILES string of the molecule is NC(=O)C1=C(O)C[C@@H]2C[C@@H]3Cc4c(CCc5cccc(O)c5)ccc(O)c4C(=O)C3=C(O)[C@]2(O)C1=O. The second kappa shape index (κ2) is 8.23. The number of aryl methyl sites for hydroxylation is 2. The third kappa shape index (κ3) is 3.38. The van der Waals surface area contributed by atoms with Crippen LogP contribution in [0.15, 0.2) is 59.1 Å². The predicted molar refractivity (Wildman–Crippen MR) is 126 cm³/mol. The summed E-state index contributed by atoms with van der Waals surface area (Å²) in [5.41, 5.74) is 4.00. The Morgan fingerprint density at radius 3 is 2.47 bits per heavy atom. The standard InChI is InChI=1S/C27H25NO8/c28-26(35)22-19(31)11-15-9-14-10-17-13(5-4-12-2-1-3-16(29)8-12)6-7-18(30)21(17)23(32)20(14)24(33)27(15,36)25(22)34/h1-3,6-8,14-15,29-31,33,36H,4-5,9-11H2,(H2,28,35)/t14-,15+,27+/m1/s1. The largest absolute Gasteiger partial charge is 0.511 e. The molecular weight excluding hydrogens is 466 g/mol. The Hall–Kier alpha value is -4.11. The van der Waals surface area contributed by atoms with E-state index in [1.807, 2.05) is 6.07 Å². The average Bonchev–Trinajstić information content (AvgIpc) is 2.80. The third-order valence-electron chi connectivity index (χ3n) is 7.64. The fourth-order valence-corrected chi connectivity index (χ4v) is 5.91. The van der Waals surface area contributed by atoms with Gasteiger partial charge < -0.3 is 31.3 Å². The molecule has 36 heavy (non-hydrogen) atoms. The maximum absolute atomic E-state index is 13.6. The summed E-state index contributed by atoms with van der Waals surface area (Å²) in [7, 11) is 0. The predicted octanol–water partition coefficient (Wildman–Crippen LogP) is 2.07. The third-order valence-corrected chi connectivity index (χ3v) is 7.64. The van der Waals surface area contributed by atoms with E-state index in [4.69, 9.17) is 5.73 Å². The first kappa shape index (κ1) is 23.6. The van der Waals surface area contributed by atoms with Gasteiger partial charge in [0.1, 0.15) is 28.6 Å². The van der Waals surface area contributed by atoms with Gasteiger partial charge in [0.2, 0.25) is 5.78 Å². The number of phenolic OH excluding ortho intramolecular Hbond substituents is 2. The number of aliphatic hydroxyl groups excluding tert-OH is 2. The van der Waals surface area contributed by atoms with Crippen LogP contribution in [0.4, 0.5) is 0 Å². The van der Waals surface area contributed by atoms with Gasteiger partial charge in [0.25, 0.3) is 5.91 Å². The van der Waals surface area contributed by atoms with Crippen molar-refractivity contribution < 1.29 is 39.9 Å². The second-order valence-corrected chi connectivity index (χ2v) is 9.68. The van der Waals surface area contributed by atoms with E-state index < -0.39 is 52.0 Å². The maximum Gasteiger partial charge on any atom is 0.255 e. The van der Waals surface area contributed by atoms with Gasteiger partial charge in [-0.05, 0) is 66.5 Å². The molecule has 0 aliphatic heterocycles. The Morgan fingerprint density at radius 1 is 1.03 bits per heavy atom. The highest BCUT2D eigenvalue weighted by Crippen LogP contribution is 2.51. The fraction of sp³-hybridized carbons (Fsp3) is 0.296. The topological polar surface area (TPSA) is 178 Å². The highest BCUT2D eigenvalue weighted by Gasteiger charge is 2.59. The average molecular weight is 491 g/mol. The Labute approximate surface area is 205 Å². The minimum Gasteiger partial charge on any atom is -0.511 e. The highest BCUT2D eigenvalue weighted by molar-refractivity contribution is 6.24. The van der Waals surface area contributed by atoms with Gasteiger partial charge in [0.15, 0.2) is 11.4 Å². The van der Waals surface area contributed by atoms with Crippen LogP contribution in [-0.4, -0.2) is 48.6 Å². The minimum atomic E-state index is -2.57. The number of hydrogen-bond donors (Lipinski definition) is 6. The van der Waals surface area contributed by atoms with E-state index in [1.165, 1.54) is 6.07 Å². The van der Waals surface area contributed by atoms with Crippen LogP contribution in [-0.2, 0) is 28.9 Å². The van der Waals surface area contributed by atoms with Crippen LogP contribution in [0.5, 0.6) is 11.5 Å². The molecule has 3 aliphatic carbocycles. The number of carbonyl (C=O) groups excluding carboxylic acids is 3. The second-order valence-electron chi connectivity index (χ2n) is 9.68. The van der Waals surface area contributed by atoms with Crippen LogP contribution >= 0.6 is 0 Å². The lowest BCUT2D eigenvalue weighted by Gasteiger charge is -2.45. The molecule has 0 radical (unpaired) electrons. The normalized spacial score (nSPS) is 25.4. The van der Waals surface area contributed by atoms with Crippen LogP contribution in [0.2, 0.25) is 0 Å². The Morgan fingerprint density at radius 2 is 1.78 bits per heavy atom. The van der Waals surface area contributed by atoms with Crippen LogP contribution in [0.25, 0.3) is 0 Å². The van der Waals surface area contributed by atoms with Crippen LogP contribution < -0.4 is 5.73 Å². The number of carbonyl (C=O) groups is 3. The van der Waals surface area contributed by atoms with Crippen LogP contribution in [0.3, 0.4) is 0 Å². The lowest BCUT2D eigenvalue weighted by atomic mass is 9.60. The van der Waals surface area contributed by atoms with E-state index in [2.05, 4.69) is 0 Å². The van der Waals surface area contributed by atoms with Crippen molar-refractivity contribution in [1.29, 1.82) is 0 Å². The number of primary amides is 1. The molecule has 3 atom stereocenters. The van der Waals surface area contributed by atoms with Gasteiger partial charge >= 0.3 is 0 Å². The summed E-state index contributed by atoms with van der Waals surface area (Å²) in [5.74, 6) is -6.27. The highest BCUT2D eigenvalue weighted by atomic mass is 16.3. The van der Waals surface area contributed by atoms with E-state index in [0.717, 1.165) is 11.1 Å². The molecule has 0 aromatic heterocycles. The molecule has 3 aliphatic rings. The molecule has 0 spiro atoms. The van der Waals surface area contributed by atoms with Crippen molar-refractivity contribution in [3.63, 3.8) is 0 Å². The molecule has 186 valence electrons. The number of amides is 1. The first-order chi connectivity index (χ1) is 17.0. The molecule has 1 amide bonds. The number of benzene rings is 2. The summed E-state index contributed by atoms with van der Waals surface area (Å²) < 4.78 is 0. The number of phenols is 2. The van der Waals surface area contributed by atoms with Gasteiger partial charge in [-0.2, -0.15) is 0 Å². The number of rotatable bonds is 4. The molecule has 0 heterocycles. The molecular formula is C27H25NO8. The first-order valence-electron chi connectivity index (χ1n) is 11.6. The van der Waals surface area contributed by atoms with Crippen molar-refractivity contribution in [2.45, 2.75) is 37.7 Å². The number of hydrogen-bond acceptors (Lipinski definition) is 8. The van der Waals surface area contributed by atoms with E-state index in [-0.39, 0.29) is 41.9 Å². The zero-order valence-corrected chi connectivity index (χ0v) is 19.2. The molecule has 0 bridgehead atoms. The summed E-state index contributed by atoms with van der Waals surface area (Å²) in [4.78, 5) is 38.3. The molecule has 0 fully saturated rings. The van der Waals surface area contributed by atoms with Crippen LogP contribution in [0, 0.1) is 11.8 Å². The lowest BCUT2D eigenvalue weighted by Crippen LogP contribution is -2.57. The monoisotopic (exact) mass is 491 g/mol. The summed E-state index contributed by atoms with van der Waals surface area (Å²) in [6.45, 7) is 0. The zero-order valence-electron chi connectivity index (χ0n) is 19.2. The van der Waals surface area contributed by atoms with Gasteiger partial charge in [-0.25, -0.2) is 0 Å².